The van der Waals surface area contributed by atoms with Gasteiger partial charge in [-0.3, -0.25) is 10.1 Å². The van der Waals surface area contributed by atoms with Gasteiger partial charge < -0.3 is 10.0 Å². The van der Waals surface area contributed by atoms with Gasteiger partial charge in [-0.25, -0.2) is 0 Å². The lowest BCUT2D eigenvalue weighted by Gasteiger charge is -2.19. The van der Waals surface area contributed by atoms with Gasteiger partial charge in [0.2, 0.25) is 0 Å². The molecule has 0 amide bonds. The zero-order valence-electron chi connectivity index (χ0n) is 9.09. The molecule has 2 rings (SSSR count). The van der Waals surface area contributed by atoms with Crippen LogP contribution in [-0.2, 0) is 0 Å². The first-order chi connectivity index (χ1) is 7.59. The minimum Gasteiger partial charge on any atom is -0.391 e. The second-order valence-corrected chi connectivity index (χ2v) is 4.09. The number of aryl methyl sites for hydroxylation is 1. The van der Waals surface area contributed by atoms with E-state index < -0.39 is 0 Å². The van der Waals surface area contributed by atoms with Crippen LogP contribution in [0.4, 0.5) is 11.4 Å². The Balaban J connectivity index is 2.42. The van der Waals surface area contributed by atoms with Crippen molar-refractivity contribution in [3.8, 4) is 0 Å². The number of benzene rings is 1. The van der Waals surface area contributed by atoms with Crippen molar-refractivity contribution in [1.29, 1.82) is 0 Å². The molecule has 1 aliphatic heterocycles. The minimum absolute atomic E-state index is 0.120. The third-order valence-electron chi connectivity index (χ3n) is 2.89. The molecular weight excluding hydrogens is 208 g/mol. The van der Waals surface area contributed by atoms with Crippen LogP contribution < -0.4 is 4.90 Å². The van der Waals surface area contributed by atoms with E-state index in [4.69, 9.17) is 0 Å². The molecule has 1 aliphatic rings. The van der Waals surface area contributed by atoms with Gasteiger partial charge >= 0.3 is 0 Å². The molecule has 0 spiro atoms. The minimum atomic E-state index is -0.376. The zero-order chi connectivity index (χ0) is 11.7. The second-order valence-electron chi connectivity index (χ2n) is 4.09. The van der Waals surface area contributed by atoms with E-state index >= 15 is 0 Å². The van der Waals surface area contributed by atoms with Gasteiger partial charge in [-0.05, 0) is 18.9 Å². The molecule has 5 heteroatoms. The number of para-hydroxylation sites is 1. The van der Waals surface area contributed by atoms with E-state index in [2.05, 4.69) is 0 Å². The molecule has 0 aromatic heterocycles. The summed E-state index contributed by atoms with van der Waals surface area (Å²) in [6.07, 6.45) is 0.296. The number of hydrogen-bond donors (Lipinski definition) is 1. The zero-order valence-corrected chi connectivity index (χ0v) is 9.09. The molecule has 1 aromatic rings. The van der Waals surface area contributed by atoms with E-state index in [-0.39, 0.29) is 16.7 Å². The number of nitro benzene ring substituents is 1. The van der Waals surface area contributed by atoms with Crippen LogP contribution >= 0.6 is 0 Å². The summed E-state index contributed by atoms with van der Waals surface area (Å²) in [6, 6.07) is 5.05. The molecular formula is C11H14N2O3. The standard InChI is InChI=1S/C11H14N2O3/c1-8-3-2-4-10(13(15)16)11(8)12-6-5-9(14)7-12/h2-4,9,14H,5-7H2,1H3/t9-/m0/s1. The number of β-amino-alcohol motifs (C(OH)–C–C–N with tert-alkyl or cyclic N) is 1. The van der Waals surface area contributed by atoms with Gasteiger partial charge in [-0.15, -0.1) is 0 Å². The van der Waals surface area contributed by atoms with Gasteiger partial charge in [0.25, 0.3) is 5.69 Å². The Labute approximate surface area is 93.5 Å². The smallest absolute Gasteiger partial charge is 0.292 e. The van der Waals surface area contributed by atoms with Crippen molar-refractivity contribution in [2.45, 2.75) is 19.4 Å². The SMILES string of the molecule is Cc1cccc([N+](=O)[O-])c1N1CC[C@H](O)C1. The average molecular weight is 222 g/mol. The van der Waals surface area contributed by atoms with Gasteiger partial charge in [0.1, 0.15) is 5.69 Å². The van der Waals surface area contributed by atoms with E-state index in [1.807, 2.05) is 17.9 Å². The van der Waals surface area contributed by atoms with Gasteiger partial charge in [0.15, 0.2) is 0 Å². The van der Waals surface area contributed by atoms with Gasteiger partial charge in [-0.2, -0.15) is 0 Å². The predicted molar refractivity (Wildman–Crippen MR) is 60.7 cm³/mol. The molecule has 1 saturated heterocycles. The summed E-state index contributed by atoms with van der Waals surface area (Å²) >= 11 is 0. The molecule has 0 radical (unpaired) electrons. The Morgan fingerprint density at radius 3 is 2.88 bits per heavy atom. The van der Waals surface area contributed by atoms with Gasteiger partial charge in [0, 0.05) is 19.2 Å². The molecule has 0 saturated carbocycles. The molecule has 0 aliphatic carbocycles. The monoisotopic (exact) mass is 222 g/mol. The lowest BCUT2D eigenvalue weighted by atomic mass is 10.1. The second kappa shape index (κ2) is 4.09. The Kier molecular flexibility index (Phi) is 2.78. The molecule has 1 fully saturated rings. The van der Waals surface area contributed by atoms with E-state index in [9.17, 15) is 15.2 Å². The van der Waals surface area contributed by atoms with Crippen molar-refractivity contribution < 1.29 is 10.0 Å². The maximum absolute atomic E-state index is 10.9. The maximum Gasteiger partial charge on any atom is 0.292 e. The quantitative estimate of drug-likeness (QED) is 0.608. The molecule has 86 valence electrons. The number of anilines is 1. The third-order valence-corrected chi connectivity index (χ3v) is 2.89. The average Bonchev–Trinajstić information content (AvgIpc) is 2.64. The lowest BCUT2D eigenvalue weighted by Crippen LogP contribution is -2.23. The Bertz CT molecular complexity index is 420. The number of rotatable bonds is 2. The largest absolute Gasteiger partial charge is 0.391 e. The summed E-state index contributed by atoms with van der Waals surface area (Å²) in [7, 11) is 0. The molecule has 0 bridgehead atoms. The number of hydrogen-bond acceptors (Lipinski definition) is 4. The predicted octanol–water partition coefficient (Wildman–Crippen LogP) is 1.47. The summed E-state index contributed by atoms with van der Waals surface area (Å²) in [6.45, 7) is 3.01. The third kappa shape index (κ3) is 1.86. The topological polar surface area (TPSA) is 66.6 Å². The van der Waals surface area contributed by atoms with Crippen molar-refractivity contribution in [3.63, 3.8) is 0 Å². The van der Waals surface area contributed by atoms with Gasteiger partial charge in [-0.1, -0.05) is 12.1 Å². The van der Waals surface area contributed by atoms with Crippen LogP contribution in [-0.4, -0.2) is 29.2 Å². The molecule has 0 unspecified atom stereocenters. The first kappa shape index (κ1) is 10.9. The Hall–Kier alpha value is -1.62. The van der Waals surface area contributed by atoms with Crippen molar-refractivity contribution in [3.05, 3.63) is 33.9 Å². The van der Waals surface area contributed by atoms with Crippen LogP contribution in [0.1, 0.15) is 12.0 Å². The number of aliphatic hydroxyl groups is 1. The van der Waals surface area contributed by atoms with Gasteiger partial charge in [0.05, 0.1) is 11.0 Å². The fourth-order valence-electron chi connectivity index (χ4n) is 2.15. The normalized spacial score (nSPS) is 20.1. The van der Waals surface area contributed by atoms with Crippen LogP contribution in [0.15, 0.2) is 18.2 Å². The van der Waals surface area contributed by atoms with Crippen LogP contribution in [0.3, 0.4) is 0 Å². The highest BCUT2D eigenvalue weighted by Crippen LogP contribution is 2.33. The first-order valence-electron chi connectivity index (χ1n) is 5.26. The van der Waals surface area contributed by atoms with Crippen molar-refractivity contribution in [1.82, 2.24) is 0 Å². The number of nitrogens with zero attached hydrogens (tertiary/aromatic N) is 2. The van der Waals surface area contributed by atoms with Crippen molar-refractivity contribution >= 4 is 11.4 Å². The van der Waals surface area contributed by atoms with Crippen molar-refractivity contribution in [2.24, 2.45) is 0 Å². The summed E-state index contributed by atoms with van der Waals surface area (Å²) in [5.41, 5.74) is 1.64. The van der Waals surface area contributed by atoms with Crippen LogP contribution in [0.25, 0.3) is 0 Å². The van der Waals surface area contributed by atoms with E-state index in [0.29, 0.717) is 25.2 Å². The van der Waals surface area contributed by atoms with E-state index in [1.165, 1.54) is 6.07 Å². The highest BCUT2D eigenvalue weighted by Gasteiger charge is 2.27. The maximum atomic E-state index is 10.9. The highest BCUT2D eigenvalue weighted by atomic mass is 16.6. The van der Waals surface area contributed by atoms with E-state index in [0.717, 1.165) is 5.56 Å². The molecule has 1 atom stereocenters. The first-order valence-corrected chi connectivity index (χ1v) is 5.26. The summed E-state index contributed by atoms with van der Waals surface area (Å²) in [5, 5.41) is 20.4. The Morgan fingerprint density at radius 1 is 1.56 bits per heavy atom. The van der Waals surface area contributed by atoms with E-state index in [1.54, 1.807) is 6.07 Å². The highest BCUT2D eigenvalue weighted by molar-refractivity contribution is 5.68. The van der Waals surface area contributed by atoms with Crippen LogP contribution in [0.2, 0.25) is 0 Å². The molecule has 1 aromatic carbocycles. The number of aliphatic hydroxyl groups excluding tert-OH is 1. The fourth-order valence-corrected chi connectivity index (χ4v) is 2.15. The lowest BCUT2D eigenvalue weighted by molar-refractivity contribution is -0.384. The fraction of sp³-hybridized carbons (Fsp3) is 0.455. The van der Waals surface area contributed by atoms with Crippen LogP contribution in [0, 0.1) is 17.0 Å². The van der Waals surface area contributed by atoms with Crippen LogP contribution in [0.5, 0.6) is 0 Å². The molecule has 1 N–H and O–H groups in total. The summed E-state index contributed by atoms with van der Waals surface area (Å²) in [4.78, 5) is 12.4. The molecule has 1 heterocycles. The Morgan fingerprint density at radius 2 is 2.31 bits per heavy atom. The number of nitro groups is 1. The summed E-state index contributed by atoms with van der Waals surface area (Å²) in [5.74, 6) is 0. The molecule has 5 nitrogen and oxygen atoms in total. The molecule has 16 heavy (non-hydrogen) atoms. The summed E-state index contributed by atoms with van der Waals surface area (Å²) < 4.78 is 0. The van der Waals surface area contributed by atoms with Crippen molar-refractivity contribution in [2.75, 3.05) is 18.0 Å².